The van der Waals surface area contributed by atoms with Crippen molar-refractivity contribution >= 4 is 35.4 Å². The molecular formula is C84H156N6O39. The second-order valence-electron chi connectivity index (χ2n) is 33.2. The van der Waals surface area contributed by atoms with E-state index in [4.69, 9.17) is 56.8 Å². The molecule has 6 amide bonds. The molecule has 45 nitrogen and oxygen atoms in total. The Morgan fingerprint density at radius 2 is 0.434 bits per heavy atom. The third-order valence-corrected chi connectivity index (χ3v) is 23.0. The van der Waals surface area contributed by atoms with E-state index in [9.17, 15) is 136 Å². The van der Waals surface area contributed by atoms with Gasteiger partial charge in [-0.2, -0.15) is 0 Å². The van der Waals surface area contributed by atoms with Crippen molar-refractivity contribution in [1.29, 1.82) is 0 Å². The smallest absolute Gasteiger partial charge is 0.222 e. The normalized spacial score (nSPS) is 32.9. The van der Waals surface area contributed by atoms with Gasteiger partial charge in [0.15, 0.2) is 37.7 Å². The first-order valence-electron chi connectivity index (χ1n) is 45.9. The van der Waals surface area contributed by atoms with Gasteiger partial charge in [0.05, 0.1) is 77.8 Å². The highest BCUT2D eigenvalue weighted by atomic mass is 16.7. The fourth-order valence-electron chi connectivity index (χ4n) is 15.0. The van der Waals surface area contributed by atoms with E-state index in [0.29, 0.717) is 77.4 Å². The molecule has 0 aliphatic carbocycles. The first kappa shape index (κ1) is 117. The summed E-state index contributed by atoms with van der Waals surface area (Å²) in [5.74, 6) is -0.278. The maximum Gasteiger partial charge on any atom is 0.222 e. The van der Waals surface area contributed by atoms with E-state index in [2.05, 4.69) is 16.0 Å². The monoisotopic (exact) mass is 1870 g/mol. The van der Waals surface area contributed by atoms with Crippen LogP contribution in [0.15, 0.2) is 0 Å². The molecule has 0 bridgehead atoms. The predicted molar refractivity (Wildman–Crippen MR) is 451 cm³/mol. The molecule has 0 spiro atoms. The molecule has 0 unspecified atom stereocenters. The van der Waals surface area contributed by atoms with Crippen molar-refractivity contribution in [2.45, 2.75) is 380 Å². The lowest BCUT2D eigenvalue weighted by molar-refractivity contribution is -0.301. The molecule has 6 aliphatic rings. The molecule has 6 fully saturated rings. The van der Waals surface area contributed by atoms with Gasteiger partial charge in [0, 0.05) is 97.4 Å². The van der Waals surface area contributed by atoms with Crippen LogP contribution in [0.2, 0.25) is 0 Å². The van der Waals surface area contributed by atoms with Crippen molar-refractivity contribution in [2.75, 3.05) is 118 Å². The summed E-state index contributed by atoms with van der Waals surface area (Å²) in [6.07, 6.45) is -23.7. The van der Waals surface area contributed by atoms with Crippen LogP contribution in [-0.2, 0) is 85.6 Å². The standard InChI is InChI=1S/3C28H52N2O13/c3*1-3-29-19(32)10-7-5-4-6-8-11-20(33)30(13-15-41-27-25(38)23(36)21(34)17(2)42-27)12-9-14-40-28-26(39)24(37)22(35)18(16-31)43-28/h3*17-18,21-28,31,34-39H,3-16H2,1-2H3,(H,29,32)/t3*17-,18+,21+,22+,23+,24-,25-,26-,27+,28-/m000/s1. The van der Waals surface area contributed by atoms with E-state index in [0.717, 1.165) is 77.0 Å². The second kappa shape index (κ2) is 64.5. The zero-order valence-corrected chi connectivity index (χ0v) is 75.6. The molecule has 6 heterocycles. The van der Waals surface area contributed by atoms with Gasteiger partial charge in [0.1, 0.15) is 128 Å². The van der Waals surface area contributed by atoms with E-state index in [1.54, 1.807) is 35.5 Å². The molecule has 0 aromatic carbocycles. The summed E-state index contributed by atoms with van der Waals surface area (Å²) in [4.78, 5) is 78.5. The lowest BCUT2D eigenvalue weighted by Gasteiger charge is -2.39. The van der Waals surface area contributed by atoms with Gasteiger partial charge in [0.2, 0.25) is 35.4 Å². The third kappa shape index (κ3) is 40.8. The summed E-state index contributed by atoms with van der Waals surface area (Å²) in [7, 11) is 0. The molecule has 6 saturated heterocycles. The Morgan fingerprint density at radius 1 is 0.240 bits per heavy atom. The number of hydrogen-bond acceptors (Lipinski definition) is 39. The van der Waals surface area contributed by atoms with Gasteiger partial charge in [-0.3, -0.25) is 28.8 Å². The summed E-state index contributed by atoms with van der Waals surface area (Å²) >= 11 is 0. The Morgan fingerprint density at radius 3 is 0.651 bits per heavy atom. The molecule has 24 N–H and O–H groups in total. The number of carbonyl (C=O) groups is 6. The number of nitrogens with one attached hydrogen (secondary N) is 3. The van der Waals surface area contributed by atoms with Gasteiger partial charge in [0.25, 0.3) is 0 Å². The Kier molecular flexibility index (Phi) is 58.4. The number of nitrogens with zero attached hydrogens (tertiary/aromatic N) is 3. The molecule has 0 radical (unpaired) electrons. The zero-order chi connectivity index (χ0) is 95.8. The number of rotatable bonds is 57. The van der Waals surface area contributed by atoms with Crippen LogP contribution in [0.5, 0.6) is 0 Å². The number of aliphatic hydroxyl groups is 21. The Labute approximate surface area is 754 Å². The average molecular weight is 1870 g/mol. The number of ether oxygens (including phenoxy) is 12. The lowest BCUT2D eigenvalue weighted by Crippen LogP contribution is -2.59. The minimum Gasteiger partial charge on any atom is -0.394 e. The van der Waals surface area contributed by atoms with E-state index in [1.807, 2.05) is 20.8 Å². The van der Waals surface area contributed by atoms with E-state index < -0.39 is 204 Å². The van der Waals surface area contributed by atoms with Crippen LogP contribution in [0.4, 0.5) is 0 Å². The van der Waals surface area contributed by atoms with Crippen molar-refractivity contribution in [3.8, 4) is 0 Å². The summed E-state index contributed by atoms with van der Waals surface area (Å²) in [5.41, 5.74) is 0. The Hall–Kier alpha value is -4.50. The van der Waals surface area contributed by atoms with Crippen LogP contribution in [0.25, 0.3) is 0 Å². The largest absolute Gasteiger partial charge is 0.394 e. The number of carbonyl (C=O) groups excluding carboxylic acids is 6. The first-order valence-corrected chi connectivity index (χ1v) is 45.9. The van der Waals surface area contributed by atoms with Crippen LogP contribution in [0.3, 0.4) is 0 Å². The van der Waals surface area contributed by atoms with Gasteiger partial charge < -0.3 is 195 Å². The number of unbranched alkanes of at least 4 members (excludes halogenated alkanes) is 12. The molecule has 6 rings (SSSR count). The van der Waals surface area contributed by atoms with Gasteiger partial charge >= 0.3 is 0 Å². The average Bonchev–Trinajstić information content (AvgIpc) is 0.818. The summed E-state index contributed by atoms with van der Waals surface area (Å²) < 4.78 is 65.8. The fraction of sp³-hybridized carbons (Fsp3) is 0.929. The fourth-order valence-corrected chi connectivity index (χ4v) is 15.0. The van der Waals surface area contributed by atoms with Crippen molar-refractivity contribution in [1.82, 2.24) is 30.7 Å². The maximum absolute atomic E-state index is 13.1. The topological polar surface area (TPSA) is 684 Å². The van der Waals surface area contributed by atoms with Gasteiger partial charge in [-0.25, -0.2) is 0 Å². The highest BCUT2D eigenvalue weighted by Crippen LogP contribution is 2.29. The van der Waals surface area contributed by atoms with Crippen LogP contribution in [0.1, 0.15) is 196 Å². The SMILES string of the molecule is CCNC(=O)CCCCCCCC(=O)N(CCCO[C@H]1O[C@H](CO)[C@@H](O)[C@H](O)[C@@H]1O)CCO[C@@H]1O[C@@H](C)[C@@H](O)[C@@H](O)[C@@H]1O.CCNC(=O)CCCCCCCC(=O)N(CCCO[C@H]1O[C@H](CO)[C@@H](O)[C@H](O)[C@@H]1O)CCO[C@@H]1O[C@@H](C)[C@@H](O)[C@@H](O)[C@@H]1O.CCNC(=O)CCCCCCCC(=O)N(CCCO[C@H]1O[C@H](CO)[C@@H](O)[C@H](O)[C@@H]1O)CCO[C@@H]1O[C@@H](C)[C@@H](O)[C@@H](O)[C@@H]1O. The Bertz CT molecular complexity index is 2720. The molecule has 0 aromatic rings. The van der Waals surface area contributed by atoms with Crippen molar-refractivity contribution < 1.29 is 193 Å². The van der Waals surface area contributed by atoms with Crippen LogP contribution in [-0.4, -0.2) is 460 Å². The molecule has 6 aliphatic heterocycles. The molecule has 30 atom stereocenters. The lowest BCUT2D eigenvalue weighted by atomic mass is 9.99. The molecular weight excluding hydrogens is 1720 g/mol. The Balaban J connectivity index is 0.000000405. The van der Waals surface area contributed by atoms with E-state index in [1.165, 1.54) is 0 Å². The molecule has 0 saturated carbocycles. The third-order valence-electron chi connectivity index (χ3n) is 23.0. The van der Waals surface area contributed by atoms with Crippen LogP contribution < -0.4 is 16.0 Å². The van der Waals surface area contributed by atoms with Gasteiger partial charge in [-0.15, -0.1) is 0 Å². The molecule has 0 aromatic heterocycles. The van der Waals surface area contributed by atoms with E-state index >= 15 is 0 Å². The minimum absolute atomic E-state index is 0.0175. The number of hydrogen-bond donors (Lipinski definition) is 24. The predicted octanol–water partition coefficient (Wildman–Crippen LogP) is -6.80. The highest BCUT2D eigenvalue weighted by Gasteiger charge is 2.49. The van der Waals surface area contributed by atoms with E-state index in [-0.39, 0.29) is 134 Å². The number of aliphatic hydroxyl groups excluding tert-OH is 21. The van der Waals surface area contributed by atoms with Gasteiger partial charge in [-0.1, -0.05) is 57.8 Å². The molecule has 45 heteroatoms. The minimum atomic E-state index is -1.56. The maximum atomic E-state index is 13.1. The number of amides is 6. The van der Waals surface area contributed by atoms with Crippen molar-refractivity contribution in [3.63, 3.8) is 0 Å². The zero-order valence-electron chi connectivity index (χ0n) is 75.6. The summed E-state index contributed by atoms with van der Waals surface area (Å²) in [6.45, 7) is 11.6. The van der Waals surface area contributed by atoms with Gasteiger partial charge in [-0.05, 0) is 99.3 Å². The molecule has 129 heavy (non-hydrogen) atoms. The quantitative estimate of drug-likeness (QED) is 0.0252. The second-order valence-corrected chi connectivity index (χ2v) is 33.2. The summed E-state index contributed by atoms with van der Waals surface area (Å²) in [6, 6.07) is 0. The first-order chi connectivity index (χ1) is 61.5. The summed E-state index contributed by atoms with van der Waals surface area (Å²) in [5, 5.41) is 217. The van der Waals surface area contributed by atoms with Crippen molar-refractivity contribution in [2.24, 2.45) is 0 Å². The van der Waals surface area contributed by atoms with Crippen molar-refractivity contribution in [3.05, 3.63) is 0 Å². The van der Waals surface area contributed by atoms with Crippen LogP contribution >= 0.6 is 0 Å². The molecule has 756 valence electrons. The highest BCUT2D eigenvalue weighted by molar-refractivity contribution is 5.78. The van der Waals surface area contributed by atoms with Crippen LogP contribution in [0, 0.1) is 0 Å².